The summed E-state index contributed by atoms with van der Waals surface area (Å²) >= 11 is 1.66. The predicted octanol–water partition coefficient (Wildman–Crippen LogP) is 2.37. The molecule has 0 fully saturated rings. The van der Waals surface area contributed by atoms with Crippen molar-refractivity contribution in [1.82, 2.24) is 10.6 Å². The van der Waals surface area contributed by atoms with Gasteiger partial charge < -0.3 is 10.6 Å². The summed E-state index contributed by atoms with van der Waals surface area (Å²) in [5.74, 6) is 0.494. The third kappa shape index (κ3) is 6.21. The van der Waals surface area contributed by atoms with Crippen LogP contribution in [0.25, 0.3) is 0 Å². The fourth-order valence-corrected chi connectivity index (χ4v) is 2.39. The van der Waals surface area contributed by atoms with Crippen LogP contribution >= 0.6 is 11.8 Å². The third-order valence-corrected chi connectivity index (χ3v) is 3.59. The Labute approximate surface area is 131 Å². The van der Waals surface area contributed by atoms with E-state index in [-0.39, 0.29) is 17.9 Å². The number of thioether (sulfide) groups is 1. The predicted molar refractivity (Wildman–Crippen MR) is 88.7 cm³/mol. The molecule has 0 bridgehead atoms. The van der Waals surface area contributed by atoms with Gasteiger partial charge in [0.15, 0.2) is 0 Å². The standard InChI is InChI=1S/C16H24N2O2S/c1-11(2)17-16(20)14(8-9-21-4)18-15(19)13-7-5-6-12(3)10-13/h5-7,10-11,14H,8-9H2,1-4H3,(H,17,20)(H,18,19)/t14-/m0/s1. The molecule has 0 aromatic heterocycles. The Hall–Kier alpha value is -1.49. The SMILES string of the molecule is CSCC[C@H](NC(=O)c1cccc(C)c1)C(=O)NC(C)C. The summed E-state index contributed by atoms with van der Waals surface area (Å²) in [7, 11) is 0. The topological polar surface area (TPSA) is 58.2 Å². The molecule has 1 atom stereocenters. The Morgan fingerprint density at radius 3 is 2.52 bits per heavy atom. The molecule has 5 heteroatoms. The summed E-state index contributed by atoms with van der Waals surface area (Å²) in [6.45, 7) is 5.76. The van der Waals surface area contributed by atoms with Crippen molar-refractivity contribution in [3.05, 3.63) is 35.4 Å². The van der Waals surface area contributed by atoms with Crippen LogP contribution in [0.4, 0.5) is 0 Å². The van der Waals surface area contributed by atoms with E-state index < -0.39 is 6.04 Å². The Morgan fingerprint density at radius 2 is 1.95 bits per heavy atom. The van der Waals surface area contributed by atoms with E-state index in [1.54, 1.807) is 17.8 Å². The highest BCUT2D eigenvalue weighted by atomic mass is 32.2. The summed E-state index contributed by atoms with van der Waals surface area (Å²) in [5, 5.41) is 5.69. The number of nitrogens with one attached hydrogen (secondary N) is 2. The maximum absolute atomic E-state index is 12.3. The molecule has 0 aliphatic heterocycles. The minimum atomic E-state index is -0.493. The highest BCUT2D eigenvalue weighted by Gasteiger charge is 2.21. The molecule has 0 aliphatic carbocycles. The number of hydrogen-bond donors (Lipinski definition) is 2. The minimum absolute atomic E-state index is 0.0603. The quantitative estimate of drug-likeness (QED) is 0.813. The Kier molecular flexibility index (Phi) is 7.29. The number of carbonyl (C=O) groups excluding carboxylic acids is 2. The molecule has 1 rings (SSSR count). The van der Waals surface area contributed by atoms with Crippen molar-refractivity contribution in [3.63, 3.8) is 0 Å². The summed E-state index contributed by atoms with van der Waals surface area (Å²) < 4.78 is 0. The molecule has 0 spiro atoms. The van der Waals surface area contributed by atoms with Gasteiger partial charge in [-0.05, 0) is 51.3 Å². The Bertz CT molecular complexity index is 489. The number of amides is 2. The molecule has 2 N–H and O–H groups in total. The molecule has 4 nitrogen and oxygen atoms in total. The summed E-state index contributed by atoms with van der Waals surface area (Å²) in [4.78, 5) is 24.4. The molecule has 0 saturated heterocycles. The maximum atomic E-state index is 12.3. The van der Waals surface area contributed by atoms with Crippen LogP contribution in [-0.4, -0.2) is 35.9 Å². The van der Waals surface area contributed by atoms with Crippen molar-refractivity contribution >= 4 is 23.6 Å². The van der Waals surface area contributed by atoms with Gasteiger partial charge in [0.2, 0.25) is 5.91 Å². The fourth-order valence-electron chi connectivity index (χ4n) is 1.92. The van der Waals surface area contributed by atoms with Crippen LogP contribution in [-0.2, 0) is 4.79 Å². The van der Waals surface area contributed by atoms with E-state index >= 15 is 0 Å². The summed E-state index contributed by atoms with van der Waals surface area (Å²) in [6, 6.07) is 6.93. The molecule has 1 aromatic carbocycles. The number of rotatable bonds is 7. The lowest BCUT2D eigenvalue weighted by molar-refractivity contribution is -0.123. The van der Waals surface area contributed by atoms with E-state index in [2.05, 4.69) is 10.6 Å². The number of carbonyl (C=O) groups is 2. The molecule has 0 aliphatic rings. The van der Waals surface area contributed by atoms with E-state index in [1.165, 1.54) is 0 Å². The van der Waals surface area contributed by atoms with Crippen molar-refractivity contribution in [1.29, 1.82) is 0 Å². The zero-order valence-electron chi connectivity index (χ0n) is 13.1. The molecule has 2 amide bonds. The first-order valence-corrected chi connectivity index (χ1v) is 8.50. The second kappa shape index (κ2) is 8.72. The van der Waals surface area contributed by atoms with Crippen molar-refractivity contribution in [2.45, 2.75) is 39.3 Å². The maximum Gasteiger partial charge on any atom is 0.251 e. The highest BCUT2D eigenvalue weighted by Crippen LogP contribution is 2.06. The van der Waals surface area contributed by atoms with Gasteiger partial charge in [-0.2, -0.15) is 11.8 Å². The molecule has 1 aromatic rings. The Morgan fingerprint density at radius 1 is 1.24 bits per heavy atom. The van der Waals surface area contributed by atoms with Gasteiger partial charge >= 0.3 is 0 Å². The molecular formula is C16H24N2O2S. The monoisotopic (exact) mass is 308 g/mol. The highest BCUT2D eigenvalue weighted by molar-refractivity contribution is 7.98. The summed E-state index contributed by atoms with van der Waals surface area (Å²) in [6.07, 6.45) is 2.61. The van der Waals surface area contributed by atoms with Crippen molar-refractivity contribution < 1.29 is 9.59 Å². The average Bonchev–Trinajstić information content (AvgIpc) is 2.42. The van der Waals surface area contributed by atoms with Gasteiger partial charge in [0.05, 0.1) is 0 Å². The lowest BCUT2D eigenvalue weighted by Crippen LogP contribution is -2.48. The minimum Gasteiger partial charge on any atom is -0.352 e. The van der Waals surface area contributed by atoms with Gasteiger partial charge in [0.1, 0.15) is 6.04 Å². The average molecular weight is 308 g/mol. The van der Waals surface area contributed by atoms with Crippen LogP contribution in [0, 0.1) is 6.92 Å². The molecule has 0 heterocycles. The Balaban J connectivity index is 2.75. The number of hydrogen-bond acceptors (Lipinski definition) is 3. The van der Waals surface area contributed by atoms with Gasteiger partial charge in [-0.25, -0.2) is 0 Å². The first-order valence-electron chi connectivity index (χ1n) is 7.11. The normalized spacial score (nSPS) is 12.0. The van der Waals surface area contributed by atoms with Crippen LogP contribution in [0.15, 0.2) is 24.3 Å². The number of aryl methyl sites for hydroxylation is 1. The zero-order valence-corrected chi connectivity index (χ0v) is 13.9. The third-order valence-electron chi connectivity index (χ3n) is 2.94. The molecule has 0 saturated carbocycles. The molecule has 116 valence electrons. The molecule has 21 heavy (non-hydrogen) atoms. The van der Waals surface area contributed by atoms with Crippen molar-refractivity contribution in [2.24, 2.45) is 0 Å². The van der Waals surface area contributed by atoms with Gasteiger partial charge in [-0.1, -0.05) is 17.7 Å². The van der Waals surface area contributed by atoms with Crippen LogP contribution in [0.1, 0.15) is 36.2 Å². The lowest BCUT2D eigenvalue weighted by Gasteiger charge is -2.19. The van der Waals surface area contributed by atoms with Crippen LogP contribution in [0.3, 0.4) is 0 Å². The van der Waals surface area contributed by atoms with Gasteiger partial charge in [0, 0.05) is 11.6 Å². The molecule has 0 radical (unpaired) electrons. The van der Waals surface area contributed by atoms with Gasteiger partial charge in [0.25, 0.3) is 5.91 Å². The lowest BCUT2D eigenvalue weighted by atomic mass is 10.1. The van der Waals surface area contributed by atoms with Crippen LogP contribution < -0.4 is 10.6 Å². The van der Waals surface area contributed by atoms with Crippen molar-refractivity contribution in [3.8, 4) is 0 Å². The van der Waals surface area contributed by atoms with E-state index in [9.17, 15) is 9.59 Å². The van der Waals surface area contributed by atoms with E-state index in [1.807, 2.05) is 45.2 Å². The van der Waals surface area contributed by atoms with Gasteiger partial charge in [-0.3, -0.25) is 9.59 Å². The largest absolute Gasteiger partial charge is 0.352 e. The first kappa shape index (κ1) is 17.6. The fraction of sp³-hybridized carbons (Fsp3) is 0.500. The van der Waals surface area contributed by atoms with Crippen LogP contribution in [0.2, 0.25) is 0 Å². The van der Waals surface area contributed by atoms with E-state index in [4.69, 9.17) is 0 Å². The van der Waals surface area contributed by atoms with E-state index in [0.29, 0.717) is 12.0 Å². The molecule has 0 unspecified atom stereocenters. The van der Waals surface area contributed by atoms with Crippen molar-refractivity contribution in [2.75, 3.05) is 12.0 Å². The first-order chi connectivity index (χ1) is 9.93. The van der Waals surface area contributed by atoms with Gasteiger partial charge in [-0.15, -0.1) is 0 Å². The molecular weight excluding hydrogens is 284 g/mol. The second-order valence-corrected chi connectivity index (χ2v) is 6.33. The van der Waals surface area contributed by atoms with Crippen LogP contribution in [0.5, 0.6) is 0 Å². The number of benzene rings is 1. The van der Waals surface area contributed by atoms with E-state index in [0.717, 1.165) is 11.3 Å². The smallest absolute Gasteiger partial charge is 0.251 e. The zero-order chi connectivity index (χ0) is 15.8. The summed E-state index contributed by atoms with van der Waals surface area (Å²) in [5.41, 5.74) is 1.61. The second-order valence-electron chi connectivity index (χ2n) is 5.34.